The molecule has 4 unspecified atom stereocenters. The van der Waals surface area contributed by atoms with Crippen molar-refractivity contribution in [2.45, 2.75) is 217 Å². The van der Waals surface area contributed by atoms with Gasteiger partial charge in [-0.3, -0.25) is 0 Å². The van der Waals surface area contributed by atoms with Crippen molar-refractivity contribution in [2.24, 2.45) is 0 Å². The van der Waals surface area contributed by atoms with Crippen LogP contribution in [0, 0.1) is 0 Å². The van der Waals surface area contributed by atoms with Gasteiger partial charge in [0, 0.05) is 24.7 Å². The lowest BCUT2D eigenvalue weighted by molar-refractivity contribution is -0.0975. The second-order valence-corrected chi connectivity index (χ2v) is 27.8. The van der Waals surface area contributed by atoms with E-state index in [1.807, 2.05) is 41.2 Å². The highest BCUT2D eigenvalue weighted by Crippen LogP contribution is 2.43. The Balaban J connectivity index is 1.40. The van der Waals surface area contributed by atoms with Crippen LogP contribution in [0.4, 0.5) is 0 Å². The van der Waals surface area contributed by atoms with Crippen molar-refractivity contribution >= 4 is 60.6 Å². The number of ether oxygens (including phenoxy) is 4. The normalized spacial score (nSPS) is 22.3. The van der Waals surface area contributed by atoms with Gasteiger partial charge in [-0.15, -0.1) is 0 Å². The highest BCUT2D eigenvalue weighted by atomic mass is 33.7. The van der Waals surface area contributed by atoms with Crippen molar-refractivity contribution in [1.82, 2.24) is 9.13 Å². The predicted molar refractivity (Wildman–Crippen MR) is 264 cm³/mol. The molecule has 0 aliphatic carbocycles. The Bertz CT molecular complexity index is 804. The van der Waals surface area contributed by atoms with Gasteiger partial charge in [0.1, 0.15) is 32.9 Å². The van der Waals surface area contributed by atoms with Gasteiger partial charge in [0.2, 0.25) is 0 Å². The van der Waals surface area contributed by atoms with Crippen LogP contribution in [0.5, 0.6) is 0 Å². The van der Waals surface area contributed by atoms with E-state index in [0.717, 1.165) is 102 Å². The van der Waals surface area contributed by atoms with E-state index in [0.29, 0.717) is 13.6 Å². The molecular weight excluding hydrogens is 837 g/mol. The first kappa shape index (κ1) is 55.6. The lowest BCUT2D eigenvalue weighted by atomic mass is 10.1. The Kier molecular flexibility index (Phi) is 40.7. The molecule has 2 N–H and O–H groups in total. The smallest absolute Gasteiger partial charge is 0.147 e. The van der Waals surface area contributed by atoms with Crippen LogP contribution in [0.1, 0.15) is 194 Å². The van der Waals surface area contributed by atoms with E-state index in [1.54, 1.807) is 0 Å². The Morgan fingerprint density at radius 1 is 0.466 bits per heavy atom. The van der Waals surface area contributed by atoms with Gasteiger partial charge in [-0.1, -0.05) is 151 Å². The van der Waals surface area contributed by atoms with Crippen molar-refractivity contribution in [3.8, 4) is 0 Å². The molecule has 0 radical (unpaired) electrons. The summed E-state index contributed by atoms with van der Waals surface area (Å²) in [4.78, 5) is 0. The Morgan fingerprint density at radius 2 is 0.828 bits per heavy atom. The van der Waals surface area contributed by atoms with E-state index in [4.69, 9.17) is 18.9 Å². The number of rotatable bonds is 39. The summed E-state index contributed by atoms with van der Waals surface area (Å²) in [5.74, 6) is 2.30. The van der Waals surface area contributed by atoms with Gasteiger partial charge in [0.05, 0.1) is 23.7 Å². The lowest BCUT2D eigenvalue weighted by Gasteiger charge is -2.30. The van der Waals surface area contributed by atoms with E-state index in [2.05, 4.69) is 23.0 Å². The molecule has 2 aliphatic rings. The number of nitrogens with zero attached hydrogens (tertiary/aromatic N) is 2. The first-order valence-electron chi connectivity index (χ1n) is 24.4. The number of hydrogen-bond donors (Lipinski definition) is 2. The number of aliphatic hydroxyl groups excluding tert-OH is 2. The van der Waals surface area contributed by atoms with Crippen molar-refractivity contribution in [2.75, 3.05) is 64.5 Å². The highest BCUT2D eigenvalue weighted by molar-refractivity contribution is 9.26. The third-order valence-electron chi connectivity index (χ3n) is 11.7. The van der Waals surface area contributed by atoms with Crippen molar-refractivity contribution in [1.29, 1.82) is 0 Å². The van der Waals surface area contributed by atoms with E-state index in [-0.39, 0.29) is 23.7 Å². The molecule has 2 saturated heterocycles. The van der Waals surface area contributed by atoms with Crippen LogP contribution in [-0.2, 0) is 18.9 Å². The summed E-state index contributed by atoms with van der Waals surface area (Å²) in [7, 11) is 6.54. The molecule has 0 aromatic carbocycles. The van der Waals surface area contributed by atoms with E-state index < -0.39 is 19.4 Å². The van der Waals surface area contributed by atoms with Crippen molar-refractivity contribution in [3.63, 3.8) is 0 Å². The molecule has 0 saturated carbocycles. The van der Waals surface area contributed by atoms with Gasteiger partial charge in [-0.05, 0) is 110 Å². The summed E-state index contributed by atoms with van der Waals surface area (Å²) in [6.45, 7) is 11.3. The average molecular weight is 930 g/mol. The van der Waals surface area contributed by atoms with Gasteiger partial charge in [-0.2, -0.15) is 0 Å². The molecule has 14 heteroatoms. The molecule has 0 aromatic heterocycles. The second kappa shape index (κ2) is 42.5. The van der Waals surface area contributed by atoms with Crippen molar-refractivity contribution in [3.05, 3.63) is 0 Å². The summed E-state index contributed by atoms with van der Waals surface area (Å²) in [6, 6.07) is 0. The van der Waals surface area contributed by atoms with Gasteiger partial charge in [0.15, 0.2) is 0 Å². The molecule has 4 atom stereocenters. The molecule has 0 amide bonds. The van der Waals surface area contributed by atoms with Gasteiger partial charge < -0.3 is 38.3 Å². The topological polar surface area (TPSA) is 83.9 Å². The fraction of sp³-hybridized carbons (Fsp3) is 1.00. The molecule has 58 heavy (non-hydrogen) atoms. The monoisotopic (exact) mass is 929 g/mol. The average Bonchev–Trinajstić information content (AvgIpc) is 3.21. The predicted octanol–water partition coefficient (Wildman–Crippen LogP) is 10.8. The van der Waals surface area contributed by atoms with Crippen LogP contribution in [-0.4, -0.2) is 127 Å². The Labute approximate surface area is 378 Å². The second-order valence-electron chi connectivity index (χ2n) is 17.1. The van der Waals surface area contributed by atoms with Gasteiger partial charge in [0.25, 0.3) is 0 Å². The lowest BCUT2D eigenvalue weighted by Crippen LogP contribution is -2.41. The Hall–Kier alpha value is 1.51. The maximum Gasteiger partial charge on any atom is 0.147 e. The third kappa shape index (κ3) is 34.9. The number of aliphatic hydroxyl groups is 2. The summed E-state index contributed by atoms with van der Waals surface area (Å²) >= 11 is 0. The zero-order valence-electron chi connectivity index (χ0n) is 37.6. The molecule has 0 bridgehead atoms. The summed E-state index contributed by atoms with van der Waals surface area (Å²) < 4.78 is 29.1. The minimum absolute atomic E-state index is 0.129. The van der Waals surface area contributed by atoms with Gasteiger partial charge in [-0.25, -0.2) is 0 Å². The van der Waals surface area contributed by atoms with Crippen LogP contribution in [0.25, 0.3) is 0 Å². The fourth-order valence-corrected chi connectivity index (χ4v) is 17.7. The number of hydrogen-bond acceptors (Lipinski definition) is 12. The van der Waals surface area contributed by atoms with Gasteiger partial charge >= 0.3 is 0 Å². The SMILES string of the molecule is CCCCCCCCCCCCOCOC1CCC(O)[SiH2]N(CCCSSSSCCCN2CCC(OCOCCCCCCCCCCCC)CCC(O)[SiH2]2)CC1. The van der Waals surface area contributed by atoms with E-state index >= 15 is 0 Å². The summed E-state index contributed by atoms with van der Waals surface area (Å²) in [5.41, 5.74) is -0.258. The maximum atomic E-state index is 10.7. The van der Waals surface area contributed by atoms with Crippen LogP contribution in [0.3, 0.4) is 0 Å². The molecule has 8 nitrogen and oxygen atoms in total. The van der Waals surface area contributed by atoms with E-state index in [1.165, 1.54) is 128 Å². The number of unbranched alkanes of at least 4 members (excludes halogenated alkanes) is 18. The van der Waals surface area contributed by atoms with Crippen LogP contribution >= 0.6 is 41.2 Å². The maximum absolute atomic E-state index is 10.7. The molecule has 2 fully saturated rings. The largest absolute Gasteiger partial charge is 0.396 e. The Morgan fingerprint density at radius 3 is 1.21 bits per heavy atom. The fourth-order valence-electron chi connectivity index (χ4n) is 7.99. The molecular formula is C44H92N2O6S4Si2. The van der Waals surface area contributed by atoms with E-state index in [9.17, 15) is 10.2 Å². The highest BCUT2D eigenvalue weighted by Gasteiger charge is 2.22. The molecule has 0 spiro atoms. The zero-order chi connectivity index (χ0) is 41.4. The minimum Gasteiger partial charge on any atom is -0.396 e. The molecule has 0 aromatic rings. The third-order valence-corrected chi connectivity index (χ3v) is 22.3. The molecule has 346 valence electrons. The molecule has 2 aliphatic heterocycles. The standard InChI is InChI=1S/C44H92N2O6S4Si2/c1-3-5-7-9-11-13-15-17-19-21-35-49-39-51-41-25-27-43(47)57-45(33-29-41)31-23-37-53-55-56-54-38-24-32-46-34-30-42(26-28-44(48)58-46)52-40-50-36-22-20-18-16-14-12-10-8-6-4-2/h41-44,47-48H,3-40,57-58H2,1-2H3. The molecule has 2 heterocycles. The first-order valence-corrected chi connectivity index (χ1v) is 32.4. The van der Waals surface area contributed by atoms with Crippen LogP contribution < -0.4 is 0 Å². The summed E-state index contributed by atoms with van der Waals surface area (Å²) in [6.07, 6.45) is 35.4. The molecule has 2 rings (SSSR count). The minimum atomic E-state index is -0.617. The zero-order valence-corrected chi connectivity index (χ0v) is 43.7. The quantitative estimate of drug-likeness (QED) is 0.0267. The first-order chi connectivity index (χ1) is 28.6. The summed E-state index contributed by atoms with van der Waals surface area (Å²) in [5, 5.41) is 21.3. The van der Waals surface area contributed by atoms with Crippen LogP contribution in [0.15, 0.2) is 0 Å². The van der Waals surface area contributed by atoms with Crippen LogP contribution in [0.2, 0.25) is 0 Å². The van der Waals surface area contributed by atoms with Crippen molar-refractivity contribution < 1.29 is 29.2 Å².